The number of carbonyl (C=O) groups is 1. The Labute approximate surface area is 178 Å². The fraction of sp³-hybridized carbons (Fsp3) is 0.0952. The van der Waals surface area contributed by atoms with E-state index < -0.39 is 20.9 Å². The van der Waals surface area contributed by atoms with Crippen molar-refractivity contribution in [3.8, 4) is 5.75 Å². The Kier molecular flexibility index (Phi) is 6.51. The van der Waals surface area contributed by atoms with Crippen molar-refractivity contribution in [1.29, 1.82) is 0 Å². The molecule has 3 aromatic rings. The van der Waals surface area contributed by atoms with Gasteiger partial charge in [-0.1, -0.05) is 23.8 Å². The Hall–Kier alpha value is -3.92. The molecule has 0 atom stereocenters. The molecule has 0 aliphatic carbocycles. The molecule has 0 bridgehead atoms. The smallest absolute Gasteiger partial charge is 0.271 e. The van der Waals surface area contributed by atoms with E-state index in [-0.39, 0.29) is 22.9 Å². The third kappa shape index (κ3) is 6.03. The van der Waals surface area contributed by atoms with Crippen LogP contribution in [0.25, 0.3) is 0 Å². The number of benzene rings is 3. The number of nitrogens with zero attached hydrogens (tertiary/aromatic N) is 1. The van der Waals surface area contributed by atoms with Crippen LogP contribution in [0.1, 0.15) is 5.56 Å². The number of carbonyl (C=O) groups excluding carboxylic acids is 1. The fourth-order valence-corrected chi connectivity index (χ4v) is 3.65. The first-order chi connectivity index (χ1) is 14.7. The molecule has 2 N–H and O–H groups in total. The summed E-state index contributed by atoms with van der Waals surface area (Å²) in [5.74, 6) is -0.221. The minimum absolute atomic E-state index is 0.0430. The third-order valence-corrected chi connectivity index (χ3v) is 5.55. The maximum atomic E-state index is 12.5. The van der Waals surface area contributed by atoms with Crippen LogP contribution < -0.4 is 14.8 Å². The number of anilines is 2. The SMILES string of the molecule is Cc1ccc(NS(=O)(=O)c2ccc(OCC(=O)Nc3cccc([N+](=O)[O-])c3)cc2)cc1. The number of sulfonamides is 1. The van der Waals surface area contributed by atoms with Gasteiger partial charge in [-0.15, -0.1) is 0 Å². The molecular weight excluding hydrogens is 422 g/mol. The van der Waals surface area contributed by atoms with Gasteiger partial charge >= 0.3 is 0 Å². The Morgan fingerprint density at radius 2 is 1.68 bits per heavy atom. The third-order valence-electron chi connectivity index (χ3n) is 4.15. The van der Waals surface area contributed by atoms with Crippen LogP contribution in [-0.2, 0) is 14.8 Å². The Morgan fingerprint density at radius 3 is 2.32 bits per heavy atom. The molecule has 9 nitrogen and oxygen atoms in total. The number of nitrogens with one attached hydrogen (secondary N) is 2. The van der Waals surface area contributed by atoms with E-state index in [4.69, 9.17) is 4.74 Å². The number of rotatable bonds is 8. The van der Waals surface area contributed by atoms with Crippen LogP contribution in [0.2, 0.25) is 0 Å². The summed E-state index contributed by atoms with van der Waals surface area (Å²) in [4.78, 5) is 22.3. The van der Waals surface area contributed by atoms with Crippen molar-refractivity contribution in [3.05, 3.63) is 88.5 Å². The summed E-state index contributed by atoms with van der Waals surface area (Å²) in [6.45, 7) is 1.55. The second-order valence-electron chi connectivity index (χ2n) is 6.59. The first-order valence-electron chi connectivity index (χ1n) is 9.09. The monoisotopic (exact) mass is 441 g/mol. The summed E-state index contributed by atoms with van der Waals surface area (Å²) in [5.41, 5.74) is 1.59. The van der Waals surface area contributed by atoms with E-state index >= 15 is 0 Å². The van der Waals surface area contributed by atoms with Gasteiger partial charge in [-0.05, 0) is 49.4 Å². The average molecular weight is 441 g/mol. The van der Waals surface area contributed by atoms with E-state index in [2.05, 4.69) is 10.0 Å². The first-order valence-corrected chi connectivity index (χ1v) is 10.6. The summed E-state index contributed by atoms with van der Waals surface area (Å²) in [6, 6.07) is 18.1. The number of nitro groups is 1. The van der Waals surface area contributed by atoms with Crippen LogP contribution in [0.5, 0.6) is 5.75 Å². The average Bonchev–Trinajstić information content (AvgIpc) is 2.74. The summed E-state index contributed by atoms with van der Waals surface area (Å²) >= 11 is 0. The molecule has 3 aromatic carbocycles. The zero-order chi connectivity index (χ0) is 22.4. The van der Waals surface area contributed by atoms with Gasteiger partial charge in [0.25, 0.3) is 21.6 Å². The van der Waals surface area contributed by atoms with Gasteiger partial charge in [-0.25, -0.2) is 8.42 Å². The lowest BCUT2D eigenvalue weighted by atomic mass is 10.2. The number of non-ortho nitro benzene ring substituents is 1. The maximum Gasteiger partial charge on any atom is 0.271 e. The maximum absolute atomic E-state index is 12.5. The summed E-state index contributed by atoms with van der Waals surface area (Å²) in [6.07, 6.45) is 0. The molecule has 0 aromatic heterocycles. The minimum Gasteiger partial charge on any atom is -0.484 e. The van der Waals surface area contributed by atoms with Crippen LogP contribution in [0, 0.1) is 17.0 Å². The van der Waals surface area contributed by atoms with E-state index in [1.54, 1.807) is 24.3 Å². The highest BCUT2D eigenvalue weighted by atomic mass is 32.2. The highest BCUT2D eigenvalue weighted by Gasteiger charge is 2.14. The molecule has 0 saturated heterocycles. The number of nitro benzene ring substituents is 1. The molecule has 0 aliphatic heterocycles. The van der Waals surface area contributed by atoms with Crippen molar-refractivity contribution in [1.82, 2.24) is 0 Å². The molecule has 1 amide bonds. The summed E-state index contributed by atoms with van der Waals surface area (Å²) in [7, 11) is -3.77. The number of amides is 1. The number of aryl methyl sites for hydroxylation is 1. The molecule has 31 heavy (non-hydrogen) atoms. The second-order valence-corrected chi connectivity index (χ2v) is 8.27. The highest BCUT2D eigenvalue weighted by molar-refractivity contribution is 7.92. The van der Waals surface area contributed by atoms with Gasteiger partial charge < -0.3 is 10.1 Å². The molecule has 160 valence electrons. The summed E-state index contributed by atoms with van der Waals surface area (Å²) < 4.78 is 32.8. The number of hydrogen-bond donors (Lipinski definition) is 2. The van der Waals surface area contributed by atoms with Crippen molar-refractivity contribution in [3.63, 3.8) is 0 Å². The molecule has 0 spiro atoms. The first kappa shape index (κ1) is 21.8. The molecule has 0 heterocycles. The molecule has 0 unspecified atom stereocenters. The van der Waals surface area contributed by atoms with E-state index in [0.717, 1.165) is 5.56 Å². The van der Waals surface area contributed by atoms with Gasteiger partial charge in [-0.3, -0.25) is 19.6 Å². The van der Waals surface area contributed by atoms with E-state index in [0.29, 0.717) is 11.4 Å². The molecule has 10 heteroatoms. The van der Waals surface area contributed by atoms with Gasteiger partial charge in [0.15, 0.2) is 6.61 Å². The van der Waals surface area contributed by atoms with Gasteiger partial charge in [0, 0.05) is 23.5 Å². The zero-order valence-corrected chi connectivity index (χ0v) is 17.3. The quantitative estimate of drug-likeness (QED) is 0.405. The van der Waals surface area contributed by atoms with E-state index in [1.807, 2.05) is 6.92 Å². The van der Waals surface area contributed by atoms with E-state index in [1.165, 1.54) is 48.5 Å². The van der Waals surface area contributed by atoms with Gasteiger partial charge in [0.1, 0.15) is 5.75 Å². The lowest BCUT2D eigenvalue weighted by Crippen LogP contribution is -2.20. The number of ether oxygens (including phenoxy) is 1. The predicted octanol–water partition coefficient (Wildman–Crippen LogP) is 3.72. The lowest BCUT2D eigenvalue weighted by Gasteiger charge is -2.10. The van der Waals surface area contributed by atoms with Crippen LogP contribution in [0.4, 0.5) is 17.1 Å². The minimum atomic E-state index is -3.77. The van der Waals surface area contributed by atoms with Crippen LogP contribution in [0.3, 0.4) is 0 Å². The molecular formula is C21H19N3O6S. The van der Waals surface area contributed by atoms with Crippen LogP contribution >= 0.6 is 0 Å². The number of hydrogen-bond acceptors (Lipinski definition) is 6. The fourth-order valence-electron chi connectivity index (χ4n) is 2.59. The van der Waals surface area contributed by atoms with Crippen molar-refractivity contribution >= 4 is 33.0 Å². The standard InChI is InChI=1S/C21H19N3O6S/c1-15-5-7-16(8-6-15)23-31(28,29)20-11-9-19(10-12-20)30-14-21(25)22-17-3-2-4-18(13-17)24(26)27/h2-13,23H,14H2,1H3,(H,22,25). The van der Waals surface area contributed by atoms with Crippen molar-refractivity contribution in [2.24, 2.45) is 0 Å². The lowest BCUT2D eigenvalue weighted by molar-refractivity contribution is -0.384. The van der Waals surface area contributed by atoms with Gasteiger partial charge in [-0.2, -0.15) is 0 Å². The van der Waals surface area contributed by atoms with Crippen LogP contribution in [0.15, 0.2) is 77.7 Å². The molecule has 0 saturated carbocycles. The second kappa shape index (κ2) is 9.26. The van der Waals surface area contributed by atoms with Gasteiger partial charge in [0.05, 0.1) is 9.82 Å². The van der Waals surface area contributed by atoms with E-state index in [9.17, 15) is 23.3 Å². The van der Waals surface area contributed by atoms with Crippen molar-refractivity contribution in [2.75, 3.05) is 16.6 Å². The van der Waals surface area contributed by atoms with Crippen molar-refractivity contribution in [2.45, 2.75) is 11.8 Å². The molecule has 0 fully saturated rings. The van der Waals surface area contributed by atoms with Gasteiger partial charge in [0.2, 0.25) is 0 Å². The molecule has 3 rings (SSSR count). The largest absolute Gasteiger partial charge is 0.484 e. The zero-order valence-electron chi connectivity index (χ0n) is 16.4. The van der Waals surface area contributed by atoms with Crippen molar-refractivity contribution < 1.29 is 22.9 Å². The topological polar surface area (TPSA) is 128 Å². The summed E-state index contributed by atoms with van der Waals surface area (Å²) in [5, 5.41) is 13.3. The normalized spacial score (nSPS) is 10.9. The highest BCUT2D eigenvalue weighted by Crippen LogP contribution is 2.20. The molecule has 0 radical (unpaired) electrons. The Bertz CT molecular complexity index is 1190. The molecule has 0 aliphatic rings. The Morgan fingerprint density at radius 1 is 1.00 bits per heavy atom. The predicted molar refractivity (Wildman–Crippen MR) is 116 cm³/mol. The Balaban J connectivity index is 1.57. The van der Waals surface area contributed by atoms with Crippen LogP contribution in [-0.4, -0.2) is 25.9 Å².